The van der Waals surface area contributed by atoms with Gasteiger partial charge in [-0.1, -0.05) is 263 Å². The van der Waals surface area contributed by atoms with Crippen LogP contribution in [0.3, 0.4) is 0 Å². The first kappa shape index (κ1) is 55.9. The maximum atomic E-state index is 5.08. The number of hydrogen-bond donors (Lipinski definition) is 0. The molecule has 0 unspecified atom stereocenters. The molecule has 91 heavy (non-hydrogen) atoms. The van der Waals surface area contributed by atoms with Crippen LogP contribution in [0.1, 0.15) is 36.4 Å². The van der Waals surface area contributed by atoms with Crippen molar-refractivity contribution in [1.29, 1.82) is 0 Å². The molecule has 0 saturated heterocycles. The summed E-state index contributed by atoms with van der Waals surface area (Å²) < 4.78 is 0. The van der Waals surface area contributed by atoms with Crippen molar-refractivity contribution < 1.29 is 0 Å². The minimum atomic E-state index is -0.0321. The lowest BCUT2D eigenvalue weighted by molar-refractivity contribution is 0.660. The number of benzene rings is 12. The first-order valence-electron chi connectivity index (χ1n) is 30.9. The second-order valence-corrected chi connectivity index (χ2v) is 23.7. The summed E-state index contributed by atoms with van der Waals surface area (Å²) in [6.45, 7) is 8.76. The predicted octanol–water partition coefficient (Wildman–Crippen LogP) is 21.0. The van der Waals surface area contributed by atoms with E-state index in [9.17, 15) is 0 Å². The number of nitrogens with zero attached hydrogens (tertiary/aromatic N) is 7. The molecule has 3 heterocycles. The van der Waals surface area contributed by atoms with Crippen LogP contribution in [0.4, 0.5) is 0 Å². The summed E-state index contributed by atoms with van der Waals surface area (Å²) >= 11 is 0. The van der Waals surface area contributed by atoms with E-state index in [-0.39, 0.29) is 5.41 Å². The summed E-state index contributed by atoms with van der Waals surface area (Å²) in [5.74, 6) is 3.88. The minimum Gasteiger partial charge on any atom is -0.258 e. The molecule has 12 aromatic carbocycles. The topological polar surface area (TPSA) is 90.2 Å². The molecular weight excluding hydrogens is 1110 g/mol. The fourth-order valence-corrected chi connectivity index (χ4v) is 12.8. The van der Waals surface area contributed by atoms with Crippen molar-refractivity contribution in [2.45, 2.75) is 33.1 Å². The lowest BCUT2D eigenvalue weighted by Crippen LogP contribution is -2.14. The first-order valence-corrected chi connectivity index (χ1v) is 30.9. The number of fused-ring (bicyclic) bond motifs is 6. The molecule has 7 heteroatoms. The Bertz CT molecular complexity index is 5110. The molecule has 0 atom stereocenters. The van der Waals surface area contributed by atoms with Crippen LogP contribution in [0.2, 0.25) is 0 Å². The molecule has 0 amide bonds. The lowest BCUT2D eigenvalue weighted by atomic mass is 9.81. The van der Waals surface area contributed by atoms with Crippen molar-refractivity contribution in [1.82, 2.24) is 34.9 Å². The van der Waals surface area contributed by atoms with Gasteiger partial charge in [-0.3, -0.25) is 4.98 Å². The third-order valence-corrected chi connectivity index (χ3v) is 17.4. The molecule has 3 aromatic heterocycles. The van der Waals surface area contributed by atoms with Crippen molar-refractivity contribution >= 4 is 21.5 Å². The Morgan fingerprint density at radius 2 is 0.593 bits per heavy atom. The fraction of sp³-hybridized carbons (Fsp3) is 0.0595. The van der Waals surface area contributed by atoms with Gasteiger partial charge in [0.25, 0.3) is 0 Å². The fourth-order valence-electron chi connectivity index (χ4n) is 12.8. The van der Waals surface area contributed by atoms with E-state index in [1.54, 1.807) is 0 Å². The highest BCUT2D eigenvalue weighted by Crippen LogP contribution is 2.50. The van der Waals surface area contributed by atoms with Gasteiger partial charge in [-0.25, -0.2) is 29.9 Å². The number of aromatic nitrogens is 7. The standard InChI is InChI=1S/C42H30N4.C42H31N3/c1-27-21-22-35(28(2)43-27)32-23-33(39-26-31-17-9-10-18-36(31)37-19-11-12-20-38(37)39)25-34(24-32)42-45-40(29-13-5-3-6-14-29)44-41(46-42)30-15-7-4-8-16-30;1-42(2)37-22-10-9-21-35(37)36-24-23-33(27-38(36)42)31-18-11-17-30(25-31)32-19-12-20-34(26-32)41-44-39(28-13-5-3-6-14-28)43-40(45-41)29-15-7-4-8-16-29/h3-26H,1-2H3;3-27H,1-2H3. The Labute approximate surface area is 530 Å². The monoisotopic (exact) mass is 1170 g/mol. The lowest BCUT2D eigenvalue weighted by Gasteiger charge is -2.22. The third-order valence-electron chi connectivity index (χ3n) is 17.4. The summed E-state index contributed by atoms with van der Waals surface area (Å²) in [7, 11) is 0. The van der Waals surface area contributed by atoms with Crippen LogP contribution in [-0.2, 0) is 5.41 Å². The molecule has 1 aliphatic carbocycles. The van der Waals surface area contributed by atoms with E-state index in [0.717, 1.165) is 78.1 Å². The molecule has 432 valence electrons. The molecule has 0 spiro atoms. The van der Waals surface area contributed by atoms with Crippen LogP contribution in [0.25, 0.3) is 146 Å². The molecule has 0 saturated carbocycles. The highest BCUT2D eigenvalue weighted by molar-refractivity contribution is 6.14. The van der Waals surface area contributed by atoms with E-state index >= 15 is 0 Å². The maximum absolute atomic E-state index is 5.08. The summed E-state index contributed by atoms with van der Waals surface area (Å²) in [6.07, 6.45) is 0. The zero-order valence-electron chi connectivity index (χ0n) is 50.9. The normalized spacial score (nSPS) is 12.0. The zero-order valence-corrected chi connectivity index (χ0v) is 50.9. The first-order chi connectivity index (χ1) is 44.6. The van der Waals surface area contributed by atoms with Gasteiger partial charge in [-0.15, -0.1) is 0 Å². The third kappa shape index (κ3) is 11.0. The maximum Gasteiger partial charge on any atom is 0.164 e. The molecule has 0 bridgehead atoms. The van der Waals surface area contributed by atoms with E-state index in [0.29, 0.717) is 34.9 Å². The SMILES string of the molecule is CC1(C)c2ccccc2-c2ccc(-c3cccc(-c4cccc(-c5nc(-c6ccccc6)nc(-c6ccccc6)n5)c4)c3)cc21.Cc1ccc(-c2cc(-c3nc(-c4ccccc4)nc(-c4ccccc4)n3)cc(-c3cc4ccccc4c4ccccc34)c2)c(C)n1. The summed E-state index contributed by atoms with van der Waals surface area (Å²) in [4.78, 5) is 34.6. The van der Waals surface area contributed by atoms with Crippen LogP contribution in [-0.4, -0.2) is 34.9 Å². The molecule has 7 nitrogen and oxygen atoms in total. The smallest absolute Gasteiger partial charge is 0.164 e. The molecule has 0 aliphatic heterocycles. The average Bonchev–Trinajstić information content (AvgIpc) is 1.72. The van der Waals surface area contributed by atoms with Crippen molar-refractivity contribution in [3.05, 3.63) is 320 Å². The summed E-state index contributed by atoms with van der Waals surface area (Å²) in [6, 6.07) is 104. The van der Waals surface area contributed by atoms with E-state index < -0.39 is 0 Å². The minimum absolute atomic E-state index is 0.0321. The van der Waals surface area contributed by atoms with Gasteiger partial charge in [0.15, 0.2) is 34.9 Å². The second-order valence-electron chi connectivity index (χ2n) is 23.7. The van der Waals surface area contributed by atoms with Crippen molar-refractivity contribution in [2.24, 2.45) is 0 Å². The Morgan fingerprint density at radius 3 is 1.14 bits per heavy atom. The number of pyridine rings is 1. The van der Waals surface area contributed by atoms with Gasteiger partial charge in [-0.2, -0.15) is 0 Å². The Morgan fingerprint density at radius 1 is 0.220 bits per heavy atom. The van der Waals surface area contributed by atoms with Crippen molar-refractivity contribution in [3.8, 4) is 124 Å². The number of aryl methyl sites for hydroxylation is 2. The van der Waals surface area contributed by atoms with E-state index in [2.05, 4.69) is 197 Å². The molecule has 15 aromatic rings. The van der Waals surface area contributed by atoms with Gasteiger partial charge in [0.05, 0.1) is 0 Å². The van der Waals surface area contributed by atoms with Crippen molar-refractivity contribution in [2.75, 3.05) is 0 Å². The molecule has 0 fully saturated rings. The molecule has 0 N–H and O–H groups in total. The van der Waals surface area contributed by atoms with E-state index in [1.165, 1.54) is 54.9 Å². The second kappa shape index (κ2) is 23.8. The number of rotatable bonds is 10. The summed E-state index contributed by atoms with van der Waals surface area (Å²) in [5, 5.41) is 4.88. The average molecular weight is 1170 g/mol. The predicted molar refractivity (Wildman–Crippen MR) is 374 cm³/mol. The van der Waals surface area contributed by atoms with Crippen molar-refractivity contribution in [3.63, 3.8) is 0 Å². The molecular formula is C84H61N7. The molecule has 1 aliphatic rings. The van der Waals surface area contributed by atoms with Gasteiger partial charge in [0, 0.05) is 55.7 Å². The quantitative estimate of drug-likeness (QED) is 0.126. The van der Waals surface area contributed by atoms with Gasteiger partial charge in [0.1, 0.15) is 0 Å². The Balaban J connectivity index is 0.000000151. The van der Waals surface area contributed by atoms with E-state index in [4.69, 9.17) is 34.9 Å². The molecule has 0 radical (unpaired) electrons. The van der Waals surface area contributed by atoms with Gasteiger partial charge < -0.3 is 0 Å². The van der Waals surface area contributed by atoms with E-state index in [1.807, 2.05) is 128 Å². The Hall–Kier alpha value is -11.7. The van der Waals surface area contributed by atoms with Crippen LogP contribution in [0, 0.1) is 13.8 Å². The van der Waals surface area contributed by atoms with Gasteiger partial charge in [0.2, 0.25) is 0 Å². The van der Waals surface area contributed by atoms with Crippen LogP contribution >= 0.6 is 0 Å². The Kier molecular flexibility index (Phi) is 14.6. The highest BCUT2D eigenvalue weighted by atomic mass is 15.0. The van der Waals surface area contributed by atoms with Gasteiger partial charge >= 0.3 is 0 Å². The molecule has 16 rings (SSSR count). The van der Waals surface area contributed by atoms with Crippen LogP contribution < -0.4 is 0 Å². The van der Waals surface area contributed by atoms with Gasteiger partial charge in [-0.05, 0) is 145 Å². The summed E-state index contributed by atoms with van der Waals surface area (Å²) in [5.41, 5.74) is 22.2. The largest absolute Gasteiger partial charge is 0.258 e. The number of hydrogen-bond acceptors (Lipinski definition) is 7. The highest BCUT2D eigenvalue weighted by Gasteiger charge is 2.35. The van der Waals surface area contributed by atoms with Crippen LogP contribution in [0.5, 0.6) is 0 Å². The zero-order chi connectivity index (χ0) is 61.4. The van der Waals surface area contributed by atoms with Crippen LogP contribution in [0.15, 0.2) is 297 Å².